The van der Waals surface area contributed by atoms with Gasteiger partial charge in [0, 0.05) is 38.3 Å². The van der Waals surface area contributed by atoms with E-state index < -0.39 is 92.7 Å². The van der Waals surface area contributed by atoms with Crippen LogP contribution in [0, 0.1) is 0 Å². The topological polar surface area (TPSA) is 129 Å². The predicted molar refractivity (Wildman–Crippen MR) is 219 cm³/mol. The minimum atomic E-state index is -5.07. The van der Waals surface area contributed by atoms with Crippen LogP contribution < -0.4 is 25.3 Å². The highest BCUT2D eigenvalue weighted by atomic mass is 28.4. The van der Waals surface area contributed by atoms with Gasteiger partial charge in [0.15, 0.2) is 5.60 Å². The predicted octanol–water partition coefficient (Wildman–Crippen LogP) is 6.92. The molecule has 0 radical (unpaired) electrons. The third kappa shape index (κ3) is 9.46. The monoisotopic (exact) mass is 860 g/mol. The molecule has 0 saturated carbocycles. The molecule has 17 heteroatoms. The fourth-order valence-electron chi connectivity index (χ4n) is 8.46. The van der Waals surface area contributed by atoms with Crippen molar-refractivity contribution in [3.8, 4) is 5.75 Å². The number of hydrogen-bond acceptors (Lipinski definition) is 6. The van der Waals surface area contributed by atoms with E-state index >= 15 is 0 Å². The number of ether oxygens (including phenoxy) is 1. The van der Waals surface area contributed by atoms with Gasteiger partial charge >= 0.3 is 18.7 Å². The number of piperidine rings is 1. The van der Waals surface area contributed by atoms with Gasteiger partial charge in [0.1, 0.15) is 5.75 Å². The zero-order valence-corrected chi connectivity index (χ0v) is 35.8. The number of nitrogens with one attached hydrogen (secondary N) is 1. The summed E-state index contributed by atoms with van der Waals surface area (Å²) in [6.45, 7) is 11.4. The fourth-order valence-corrected chi connectivity index (χ4v) is 13.0. The minimum Gasteiger partial charge on any atom is -0.476 e. The number of benzene rings is 3. The quantitative estimate of drug-likeness (QED) is 0.141. The van der Waals surface area contributed by atoms with Gasteiger partial charge in [0.25, 0.3) is 26.0 Å². The van der Waals surface area contributed by atoms with Crippen molar-refractivity contribution >= 4 is 48.2 Å². The Bertz CT molecular complexity index is 1990. The molecule has 1 fully saturated rings. The lowest BCUT2D eigenvalue weighted by Crippen LogP contribution is -2.66. The van der Waals surface area contributed by atoms with Gasteiger partial charge in [0.05, 0.1) is 22.9 Å². The molecule has 1 saturated heterocycles. The number of likely N-dealkylation sites (tertiary alicyclic amines) is 1. The summed E-state index contributed by atoms with van der Waals surface area (Å²) in [7, 11) is -2.94. The highest BCUT2D eigenvalue weighted by molar-refractivity contribution is 6.99. The first kappa shape index (κ1) is 46.0. The molecule has 326 valence electrons. The van der Waals surface area contributed by atoms with Crippen LogP contribution in [0.2, 0.25) is 5.04 Å². The van der Waals surface area contributed by atoms with Crippen LogP contribution in [0.1, 0.15) is 83.7 Å². The third-order valence-corrected chi connectivity index (χ3v) is 16.2. The number of nitrogens with zero attached hydrogens (tertiary/aromatic N) is 3. The second-order valence-corrected chi connectivity index (χ2v) is 21.3. The van der Waals surface area contributed by atoms with Crippen molar-refractivity contribution < 1.29 is 55.4 Å². The number of amides is 4. The second-order valence-electron chi connectivity index (χ2n) is 17.0. The van der Waals surface area contributed by atoms with E-state index in [1.54, 1.807) is 13.8 Å². The number of anilines is 1. The maximum atomic E-state index is 14.8. The summed E-state index contributed by atoms with van der Waals surface area (Å²) >= 11 is 0. The van der Waals surface area contributed by atoms with E-state index in [2.05, 4.69) is 45.0 Å². The summed E-state index contributed by atoms with van der Waals surface area (Å²) < 4.78 is 82.9. The van der Waals surface area contributed by atoms with E-state index in [9.17, 15) is 46.2 Å². The van der Waals surface area contributed by atoms with E-state index in [4.69, 9.17) is 9.16 Å². The van der Waals surface area contributed by atoms with Gasteiger partial charge in [-0.2, -0.15) is 22.0 Å². The van der Waals surface area contributed by atoms with E-state index in [0.29, 0.717) is 18.9 Å². The first-order valence-electron chi connectivity index (χ1n) is 19.9. The van der Waals surface area contributed by atoms with Gasteiger partial charge < -0.3 is 34.3 Å². The molecule has 2 aliphatic rings. The van der Waals surface area contributed by atoms with Crippen molar-refractivity contribution in [3.05, 3.63) is 83.9 Å². The molecular weight excluding hydrogens is 808 g/mol. The number of alkyl halides is 5. The van der Waals surface area contributed by atoms with Crippen LogP contribution in [0.25, 0.3) is 0 Å². The van der Waals surface area contributed by atoms with Crippen LogP contribution in [-0.2, 0) is 20.2 Å². The molecule has 2 heterocycles. The van der Waals surface area contributed by atoms with Gasteiger partial charge in [-0.3, -0.25) is 14.4 Å². The third-order valence-electron chi connectivity index (χ3n) is 11.2. The van der Waals surface area contributed by atoms with Crippen LogP contribution in [0.3, 0.4) is 0 Å². The normalized spacial score (nSPS) is 18.3. The molecule has 0 aromatic heterocycles. The maximum Gasteiger partial charge on any atom is 0.417 e. The van der Waals surface area contributed by atoms with E-state index in [-0.39, 0.29) is 36.0 Å². The van der Waals surface area contributed by atoms with Crippen molar-refractivity contribution in [2.45, 2.75) is 109 Å². The molecule has 0 bridgehead atoms. The second kappa shape index (κ2) is 17.9. The molecule has 0 spiro atoms. The summed E-state index contributed by atoms with van der Waals surface area (Å²) in [4.78, 5) is 55.8. The van der Waals surface area contributed by atoms with Crippen molar-refractivity contribution in [1.29, 1.82) is 0 Å². The lowest BCUT2D eigenvalue weighted by atomic mass is 9.93. The average molecular weight is 861 g/mol. The van der Waals surface area contributed by atoms with Crippen LogP contribution in [-0.4, -0.2) is 103 Å². The first-order chi connectivity index (χ1) is 28.0. The molecule has 11 nitrogen and oxygen atoms in total. The number of carboxylic acid groups (broad SMARTS) is 1. The number of hydrogen-bond donors (Lipinski definition) is 2. The fraction of sp³-hybridized carbons (Fsp3) is 0.488. The number of carbonyl (C=O) groups excluding carboxylic acids is 3. The molecule has 0 unspecified atom stereocenters. The van der Waals surface area contributed by atoms with Gasteiger partial charge in [0.2, 0.25) is 0 Å². The number of fused-ring (bicyclic) bond motifs is 1. The first-order valence-corrected chi connectivity index (χ1v) is 21.8. The zero-order valence-electron chi connectivity index (χ0n) is 34.8. The van der Waals surface area contributed by atoms with Crippen LogP contribution >= 0.6 is 0 Å². The molecule has 2 aliphatic heterocycles. The van der Waals surface area contributed by atoms with Crippen LogP contribution in [0.15, 0.2) is 72.8 Å². The Morgan fingerprint density at radius 2 is 1.57 bits per heavy atom. The molecule has 0 aliphatic carbocycles. The smallest absolute Gasteiger partial charge is 0.417 e. The summed E-state index contributed by atoms with van der Waals surface area (Å²) in [6, 6.07) is 19.5. The molecule has 60 heavy (non-hydrogen) atoms. The molecular formula is C43H53F5N4O7Si. The minimum absolute atomic E-state index is 0.179. The number of carbonyl (C=O) groups is 4. The average Bonchev–Trinajstić information content (AvgIpc) is 3.17. The Morgan fingerprint density at radius 3 is 2.07 bits per heavy atom. The highest BCUT2D eigenvalue weighted by Crippen LogP contribution is 2.45. The molecule has 2 N–H and O–H groups in total. The van der Waals surface area contributed by atoms with E-state index in [1.807, 2.05) is 41.7 Å². The summed E-state index contributed by atoms with van der Waals surface area (Å²) in [5, 5.41) is 14.3. The number of halogens is 5. The van der Waals surface area contributed by atoms with Crippen molar-refractivity contribution in [1.82, 2.24) is 15.1 Å². The van der Waals surface area contributed by atoms with Crippen molar-refractivity contribution in [2.24, 2.45) is 0 Å². The Labute approximate surface area is 347 Å². The van der Waals surface area contributed by atoms with Crippen molar-refractivity contribution in [2.75, 3.05) is 31.1 Å². The standard InChI is InChI=1S/C43H53F5N4O7Si/c1-27(2)52(38(54)32-24-34-35(25-33(32)43(46,47)48)59-42(6,7)39(55)50(34)22-21-49-37(53)36(44)45)29-19-18-28(51(26-29)40(56)57)20-23-58-60(41(3,4)5,30-14-10-8-11-15-30)31-16-12-9-13-17-31/h8-17,24-25,27-29,36H,18-23,26H2,1-7H3,(H,49,53)(H,56,57)/t28-,29-/m1/s1. The van der Waals surface area contributed by atoms with Gasteiger partial charge in [-0.15, -0.1) is 0 Å². The van der Waals surface area contributed by atoms with E-state index in [0.717, 1.165) is 21.3 Å². The van der Waals surface area contributed by atoms with Crippen LogP contribution in [0.4, 0.5) is 32.4 Å². The molecule has 3 aromatic rings. The molecule has 2 atom stereocenters. The van der Waals surface area contributed by atoms with Gasteiger partial charge in [-0.05, 0) is 74.5 Å². The Morgan fingerprint density at radius 1 is 0.983 bits per heavy atom. The van der Waals surface area contributed by atoms with Gasteiger partial charge in [-0.1, -0.05) is 81.4 Å². The molecule has 4 amide bonds. The van der Waals surface area contributed by atoms with Crippen molar-refractivity contribution in [3.63, 3.8) is 0 Å². The van der Waals surface area contributed by atoms with Gasteiger partial charge in [-0.25, -0.2) is 4.79 Å². The highest BCUT2D eigenvalue weighted by Gasteiger charge is 2.51. The Balaban J connectivity index is 1.43. The Kier molecular flexibility index (Phi) is 13.7. The molecule has 5 rings (SSSR count). The summed E-state index contributed by atoms with van der Waals surface area (Å²) in [5.74, 6) is -3.76. The molecule has 3 aromatic carbocycles. The summed E-state index contributed by atoms with van der Waals surface area (Å²) in [5.41, 5.74) is -4.04. The Hall–Kier alpha value is -5.03. The largest absolute Gasteiger partial charge is 0.476 e. The van der Waals surface area contributed by atoms with E-state index in [1.165, 1.54) is 23.6 Å². The zero-order chi connectivity index (χ0) is 44.4. The number of rotatable bonds is 13. The lowest BCUT2D eigenvalue weighted by Gasteiger charge is -2.46. The lowest BCUT2D eigenvalue weighted by molar-refractivity contribution is -0.138. The maximum absolute atomic E-state index is 14.8. The SMILES string of the molecule is CC(C)N(C(=O)c1cc2c(cc1C(F)(F)F)OC(C)(C)C(=O)N2CCNC(=O)C(F)F)[C@@H]1CC[C@H](CCO[Si](c2ccccc2)(c2ccccc2)C(C)(C)C)N(C(=O)O)C1. The summed E-state index contributed by atoms with van der Waals surface area (Å²) in [6.07, 6.45) is -8.74. The van der Waals surface area contributed by atoms with Crippen LogP contribution in [0.5, 0.6) is 5.75 Å².